The van der Waals surface area contributed by atoms with Gasteiger partial charge in [0.05, 0.1) is 0 Å². The molecule has 0 spiro atoms. The quantitative estimate of drug-likeness (QED) is 0.739. The van der Waals surface area contributed by atoms with Gasteiger partial charge in [0.1, 0.15) is 5.60 Å². The topological polar surface area (TPSA) is 41.6 Å². The molecule has 0 bridgehead atoms. The molecule has 0 saturated heterocycles. The lowest BCUT2D eigenvalue weighted by Crippen LogP contribution is -2.44. The Labute approximate surface area is 148 Å². The van der Waals surface area contributed by atoms with Crippen LogP contribution in [0.15, 0.2) is 0 Å². The average Bonchev–Trinajstić information content (AvgIpc) is 3.25. The lowest BCUT2D eigenvalue weighted by atomic mass is 9.81. The molecule has 2 aliphatic carbocycles. The highest BCUT2D eigenvalue weighted by molar-refractivity contribution is 5.69. The number of ether oxygens (including phenoxy) is 1. The molecule has 24 heavy (non-hydrogen) atoms. The molecule has 0 aromatic rings. The van der Waals surface area contributed by atoms with Gasteiger partial charge in [0.15, 0.2) is 0 Å². The maximum atomic E-state index is 12.4. The summed E-state index contributed by atoms with van der Waals surface area (Å²) in [4.78, 5) is 14.3. The molecule has 4 heteroatoms. The highest BCUT2D eigenvalue weighted by Crippen LogP contribution is 2.30. The van der Waals surface area contributed by atoms with Crippen LogP contribution in [-0.4, -0.2) is 41.8 Å². The van der Waals surface area contributed by atoms with Crippen molar-refractivity contribution in [3.05, 3.63) is 0 Å². The van der Waals surface area contributed by atoms with Crippen molar-refractivity contribution in [1.29, 1.82) is 0 Å². The first-order valence-corrected chi connectivity index (χ1v) is 9.97. The summed E-state index contributed by atoms with van der Waals surface area (Å²) >= 11 is 0. The summed E-state index contributed by atoms with van der Waals surface area (Å²) in [6.45, 7) is 12.1. The summed E-state index contributed by atoms with van der Waals surface area (Å²) in [5.74, 6) is 1.67. The second-order valence-corrected chi connectivity index (χ2v) is 9.22. The van der Waals surface area contributed by atoms with E-state index in [9.17, 15) is 4.79 Å². The maximum Gasteiger partial charge on any atom is 0.410 e. The molecule has 2 rings (SSSR count). The third kappa shape index (κ3) is 7.00. The summed E-state index contributed by atoms with van der Waals surface area (Å²) in [7, 11) is 0. The molecule has 2 aliphatic rings. The van der Waals surface area contributed by atoms with Crippen molar-refractivity contribution in [2.24, 2.45) is 11.8 Å². The second-order valence-electron chi connectivity index (χ2n) is 9.22. The summed E-state index contributed by atoms with van der Waals surface area (Å²) in [5, 5.41) is 3.71. The Kier molecular flexibility index (Phi) is 6.97. The molecule has 0 aromatic heterocycles. The Hall–Kier alpha value is -0.770. The van der Waals surface area contributed by atoms with E-state index in [4.69, 9.17) is 4.74 Å². The average molecular weight is 339 g/mol. The molecule has 4 nitrogen and oxygen atoms in total. The number of hydrogen-bond acceptors (Lipinski definition) is 3. The SMILES string of the molecule is CC(C)CC1CCCC(NCCN(C(=O)OC(C)(C)C)C2CC2)C1. The van der Waals surface area contributed by atoms with Crippen LogP contribution in [0.4, 0.5) is 4.79 Å². The summed E-state index contributed by atoms with van der Waals surface area (Å²) < 4.78 is 5.56. The van der Waals surface area contributed by atoms with E-state index in [0.29, 0.717) is 12.1 Å². The van der Waals surface area contributed by atoms with Gasteiger partial charge in [-0.25, -0.2) is 4.79 Å². The zero-order chi connectivity index (χ0) is 17.7. The van der Waals surface area contributed by atoms with Crippen molar-refractivity contribution in [2.75, 3.05) is 13.1 Å². The Bertz CT molecular complexity index is 399. The van der Waals surface area contributed by atoms with Gasteiger partial charge in [-0.1, -0.05) is 26.7 Å². The van der Waals surface area contributed by atoms with E-state index < -0.39 is 5.60 Å². The van der Waals surface area contributed by atoms with Gasteiger partial charge < -0.3 is 15.0 Å². The fraction of sp³-hybridized carbons (Fsp3) is 0.950. The minimum Gasteiger partial charge on any atom is -0.444 e. The van der Waals surface area contributed by atoms with Crippen molar-refractivity contribution in [1.82, 2.24) is 10.2 Å². The lowest BCUT2D eigenvalue weighted by Gasteiger charge is -2.32. The number of nitrogens with zero attached hydrogens (tertiary/aromatic N) is 1. The zero-order valence-electron chi connectivity index (χ0n) is 16.4. The van der Waals surface area contributed by atoms with E-state index in [0.717, 1.165) is 37.8 Å². The normalized spacial score (nSPS) is 24.9. The number of amides is 1. The van der Waals surface area contributed by atoms with Crippen LogP contribution in [0.3, 0.4) is 0 Å². The van der Waals surface area contributed by atoms with E-state index in [2.05, 4.69) is 19.2 Å². The first-order chi connectivity index (χ1) is 11.2. The number of hydrogen-bond donors (Lipinski definition) is 1. The molecule has 2 fully saturated rings. The van der Waals surface area contributed by atoms with E-state index in [1.165, 1.54) is 32.1 Å². The Morgan fingerprint density at radius 1 is 1.21 bits per heavy atom. The second kappa shape index (κ2) is 8.55. The monoisotopic (exact) mass is 338 g/mol. The predicted octanol–water partition coefficient (Wildman–Crippen LogP) is 4.58. The van der Waals surface area contributed by atoms with Gasteiger partial charge in [-0.3, -0.25) is 0 Å². The highest BCUT2D eigenvalue weighted by atomic mass is 16.6. The number of rotatable bonds is 7. The van der Waals surface area contributed by atoms with Gasteiger partial charge in [0, 0.05) is 25.2 Å². The number of carbonyl (C=O) groups excluding carboxylic acids is 1. The molecule has 2 saturated carbocycles. The Balaban J connectivity index is 1.73. The van der Waals surface area contributed by atoms with Crippen molar-refractivity contribution in [2.45, 2.75) is 97.2 Å². The number of carbonyl (C=O) groups is 1. The molecule has 140 valence electrons. The van der Waals surface area contributed by atoms with Crippen molar-refractivity contribution < 1.29 is 9.53 Å². The van der Waals surface area contributed by atoms with Crippen LogP contribution < -0.4 is 5.32 Å². The molecule has 1 N–H and O–H groups in total. The van der Waals surface area contributed by atoms with Gasteiger partial charge in [-0.15, -0.1) is 0 Å². The largest absolute Gasteiger partial charge is 0.444 e. The van der Waals surface area contributed by atoms with Crippen LogP contribution in [0, 0.1) is 11.8 Å². The van der Waals surface area contributed by atoms with Gasteiger partial charge in [0.2, 0.25) is 0 Å². The van der Waals surface area contributed by atoms with Gasteiger partial charge in [-0.05, 0) is 64.7 Å². The van der Waals surface area contributed by atoms with E-state index >= 15 is 0 Å². The molecular weight excluding hydrogens is 300 g/mol. The van der Waals surface area contributed by atoms with Crippen LogP contribution in [0.2, 0.25) is 0 Å². The van der Waals surface area contributed by atoms with E-state index in [-0.39, 0.29) is 6.09 Å². The molecule has 0 aromatic carbocycles. The van der Waals surface area contributed by atoms with Crippen LogP contribution in [0.1, 0.15) is 79.6 Å². The molecule has 0 radical (unpaired) electrons. The van der Waals surface area contributed by atoms with Crippen LogP contribution in [0.25, 0.3) is 0 Å². The minimum absolute atomic E-state index is 0.145. The molecular formula is C20H38N2O2. The Morgan fingerprint density at radius 3 is 2.50 bits per heavy atom. The summed E-state index contributed by atoms with van der Waals surface area (Å²) in [6, 6.07) is 1.03. The number of nitrogens with one attached hydrogen (secondary N) is 1. The molecule has 2 atom stereocenters. The third-order valence-electron chi connectivity index (χ3n) is 4.99. The van der Waals surface area contributed by atoms with Crippen molar-refractivity contribution >= 4 is 6.09 Å². The molecule has 2 unspecified atom stereocenters. The van der Waals surface area contributed by atoms with Gasteiger partial charge in [0.25, 0.3) is 0 Å². The maximum absolute atomic E-state index is 12.4. The molecule has 0 heterocycles. The van der Waals surface area contributed by atoms with E-state index in [1.54, 1.807) is 0 Å². The van der Waals surface area contributed by atoms with Crippen LogP contribution in [0.5, 0.6) is 0 Å². The lowest BCUT2D eigenvalue weighted by molar-refractivity contribution is 0.0233. The fourth-order valence-corrected chi connectivity index (χ4v) is 3.88. The standard InChI is InChI=1S/C20H38N2O2/c1-15(2)13-16-7-6-8-17(14-16)21-11-12-22(18-9-10-18)19(23)24-20(3,4)5/h15-18,21H,6-14H2,1-5H3. The van der Waals surface area contributed by atoms with Gasteiger partial charge in [-0.2, -0.15) is 0 Å². The zero-order valence-corrected chi connectivity index (χ0v) is 16.4. The highest BCUT2D eigenvalue weighted by Gasteiger charge is 2.35. The third-order valence-corrected chi connectivity index (χ3v) is 4.99. The van der Waals surface area contributed by atoms with Gasteiger partial charge >= 0.3 is 6.09 Å². The smallest absolute Gasteiger partial charge is 0.410 e. The molecule has 0 aliphatic heterocycles. The predicted molar refractivity (Wildman–Crippen MR) is 99.2 cm³/mol. The minimum atomic E-state index is -0.412. The fourth-order valence-electron chi connectivity index (χ4n) is 3.88. The van der Waals surface area contributed by atoms with Crippen molar-refractivity contribution in [3.8, 4) is 0 Å². The Morgan fingerprint density at radius 2 is 1.92 bits per heavy atom. The van der Waals surface area contributed by atoms with Crippen LogP contribution in [-0.2, 0) is 4.74 Å². The first kappa shape index (κ1) is 19.6. The summed E-state index contributed by atoms with van der Waals surface area (Å²) in [6.07, 6.45) is 8.77. The first-order valence-electron chi connectivity index (χ1n) is 9.97. The van der Waals surface area contributed by atoms with Crippen LogP contribution >= 0.6 is 0 Å². The van der Waals surface area contributed by atoms with Crippen molar-refractivity contribution in [3.63, 3.8) is 0 Å². The van der Waals surface area contributed by atoms with E-state index in [1.807, 2.05) is 25.7 Å². The molecule has 1 amide bonds. The summed E-state index contributed by atoms with van der Waals surface area (Å²) in [5.41, 5.74) is -0.412.